The van der Waals surface area contributed by atoms with Gasteiger partial charge in [-0.2, -0.15) is 0 Å². The second-order valence-corrected chi connectivity index (χ2v) is 14.3. The Labute approximate surface area is 323 Å². The lowest BCUT2D eigenvalue weighted by Gasteiger charge is -2.12. The summed E-state index contributed by atoms with van der Waals surface area (Å²) in [5, 5.41) is 4.43. The molecule has 0 N–H and O–H groups in total. The Morgan fingerprint density at radius 2 is 0.768 bits per heavy atom. The molecule has 56 heavy (non-hydrogen) atoms. The molecule has 0 saturated heterocycles. The summed E-state index contributed by atoms with van der Waals surface area (Å²) < 4.78 is 12.9. The quantitative estimate of drug-likeness (QED) is 0.172. The highest BCUT2D eigenvalue weighted by atomic mass is 16.3. The molecular weight excluding hydrogens is 683 g/mol. The molecule has 0 unspecified atom stereocenters. The van der Waals surface area contributed by atoms with Gasteiger partial charge in [0.25, 0.3) is 0 Å². The van der Waals surface area contributed by atoms with Crippen LogP contribution in [0.1, 0.15) is 0 Å². The number of hydrogen-bond acceptors (Lipinski definition) is 3. The van der Waals surface area contributed by atoms with Crippen molar-refractivity contribution in [3.05, 3.63) is 200 Å². The zero-order valence-corrected chi connectivity index (χ0v) is 30.3. The number of para-hydroxylation sites is 2. The predicted molar refractivity (Wildman–Crippen MR) is 231 cm³/mol. The Morgan fingerprint density at radius 3 is 1.48 bits per heavy atom. The Hall–Kier alpha value is -7.49. The first-order valence-electron chi connectivity index (χ1n) is 18.9. The summed E-state index contributed by atoms with van der Waals surface area (Å²) in [6.45, 7) is 0. The molecule has 0 aliphatic rings. The summed E-state index contributed by atoms with van der Waals surface area (Å²) in [7, 11) is 0. The Kier molecular flexibility index (Phi) is 7.49. The highest BCUT2D eigenvalue weighted by molar-refractivity contribution is 6.17. The van der Waals surface area contributed by atoms with Crippen LogP contribution in [0, 0.1) is 0 Å². The van der Waals surface area contributed by atoms with E-state index in [-0.39, 0.29) is 0 Å². The highest BCUT2D eigenvalue weighted by Gasteiger charge is 2.19. The second kappa shape index (κ2) is 13.1. The molecule has 0 aliphatic heterocycles. The van der Waals surface area contributed by atoms with Crippen LogP contribution in [0.2, 0.25) is 0 Å². The lowest BCUT2D eigenvalue weighted by atomic mass is 9.93. The molecular formula is C53H33NO2. The summed E-state index contributed by atoms with van der Waals surface area (Å²) >= 11 is 0. The molecule has 3 heterocycles. The van der Waals surface area contributed by atoms with Gasteiger partial charge in [-0.3, -0.25) is 0 Å². The first kappa shape index (κ1) is 32.0. The van der Waals surface area contributed by atoms with Crippen molar-refractivity contribution in [2.24, 2.45) is 0 Å². The van der Waals surface area contributed by atoms with Crippen molar-refractivity contribution in [3.8, 4) is 67.0 Å². The fourth-order valence-electron chi connectivity index (χ4n) is 8.10. The molecule has 0 spiro atoms. The molecule has 0 saturated carbocycles. The highest BCUT2D eigenvalue weighted by Crippen LogP contribution is 2.43. The molecule has 3 nitrogen and oxygen atoms in total. The molecule has 0 aliphatic carbocycles. The van der Waals surface area contributed by atoms with E-state index in [0.29, 0.717) is 0 Å². The SMILES string of the molecule is c1ccc(-c2ccc(-c3cc(-c4ccc(-c5ccc(-c6ccc7c(c6)oc6ccccc67)c6oc7ccccc7c56)cc4)cc(-c4ccccc4)n3)cc2)cc1. The number of pyridine rings is 1. The van der Waals surface area contributed by atoms with Crippen LogP contribution in [0.5, 0.6) is 0 Å². The van der Waals surface area contributed by atoms with Crippen LogP contribution in [-0.4, -0.2) is 4.98 Å². The van der Waals surface area contributed by atoms with Gasteiger partial charge in [-0.15, -0.1) is 0 Å². The first-order chi connectivity index (χ1) is 27.7. The van der Waals surface area contributed by atoms with Crippen molar-refractivity contribution < 1.29 is 8.83 Å². The van der Waals surface area contributed by atoms with Crippen LogP contribution in [0.15, 0.2) is 209 Å². The van der Waals surface area contributed by atoms with Crippen LogP contribution < -0.4 is 0 Å². The lowest BCUT2D eigenvalue weighted by Crippen LogP contribution is -1.91. The fourth-order valence-corrected chi connectivity index (χ4v) is 8.10. The summed E-state index contributed by atoms with van der Waals surface area (Å²) in [5.74, 6) is 0. The van der Waals surface area contributed by atoms with Gasteiger partial charge in [-0.1, -0.05) is 158 Å². The average molecular weight is 716 g/mol. The van der Waals surface area contributed by atoms with Crippen molar-refractivity contribution in [1.82, 2.24) is 4.98 Å². The van der Waals surface area contributed by atoms with Crippen molar-refractivity contribution >= 4 is 43.9 Å². The largest absolute Gasteiger partial charge is 0.456 e. The molecule has 11 aromatic rings. The van der Waals surface area contributed by atoms with E-state index < -0.39 is 0 Å². The molecule has 0 atom stereocenters. The Balaban J connectivity index is 1.00. The number of rotatable bonds is 6. The summed E-state index contributed by atoms with van der Waals surface area (Å²) in [6, 6.07) is 70.3. The first-order valence-corrected chi connectivity index (χ1v) is 18.9. The van der Waals surface area contributed by atoms with Gasteiger partial charge in [-0.05, 0) is 81.4 Å². The van der Waals surface area contributed by atoms with Gasteiger partial charge in [0.1, 0.15) is 22.3 Å². The molecule has 11 rings (SSSR count). The number of nitrogens with zero attached hydrogens (tertiary/aromatic N) is 1. The van der Waals surface area contributed by atoms with Gasteiger partial charge in [0.2, 0.25) is 0 Å². The summed E-state index contributed by atoms with van der Waals surface area (Å²) in [4.78, 5) is 5.17. The van der Waals surface area contributed by atoms with E-state index in [1.807, 2.05) is 30.3 Å². The van der Waals surface area contributed by atoms with Crippen LogP contribution >= 0.6 is 0 Å². The molecule has 3 aromatic heterocycles. The van der Waals surface area contributed by atoms with Gasteiger partial charge in [-0.25, -0.2) is 4.98 Å². The van der Waals surface area contributed by atoms with Crippen molar-refractivity contribution in [2.45, 2.75) is 0 Å². The zero-order valence-electron chi connectivity index (χ0n) is 30.3. The monoisotopic (exact) mass is 715 g/mol. The lowest BCUT2D eigenvalue weighted by molar-refractivity contribution is 0.668. The van der Waals surface area contributed by atoms with E-state index in [2.05, 4.69) is 170 Å². The minimum Gasteiger partial charge on any atom is -0.456 e. The van der Waals surface area contributed by atoms with Gasteiger partial charge in [0.05, 0.1) is 11.4 Å². The maximum atomic E-state index is 6.67. The smallest absolute Gasteiger partial charge is 0.143 e. The number of fused-ring (bicyclic) bond motifs is 6. The van der Waals surface area contributed by atoms with E-state index in [1.165, 1.54) is 11.1 Å². The van der Waals surface area contributed by atoms with Crippen LogP contribution in [0.4, 0.5) is 0 Å². The van der Waals surface area contributed by atoms with E-state index >= 15 is 0 Å². The van der Waals surface area contributed by atoms with Gasteiger partial charge < -0.3 is 8.83 Å². The number of aromatic nitrogens is 1. The van der Waals surface area contributed by atoms with Crippen LogP contribution in [0.25, 0.3) is 111 Å². The topological polar surface area (TPSA) is 39.2 Å². The summed E-state index contributed by atoms with van der Waals surface area (Å²) in [6.07, 6.45) is 0. The van der Waals surface area contributed by atoms with E-state index in [0.717, 1.165) is 99.8 Å². The van der Waals surface area contributed by atoms with Gasteiger partial charge in [0.15, 0.2) is 0 Å². The van der Waals surface area contributed by atoms with E-state index in [9.17, 15) is 0 Å². The molecule has 262 valence electrons. The molecule has 0 bridgehead atoms. The molecule has 8 aromatic carbocycles. The maximum absolute atomic E-state index is 6.67. The number of hydrogen-bond donors (Lipinski definition) is 0. The average Bonchev–Trinajstić information content (AvgIpc) is 3.85. The van der Waals surface area contributed by atoms with Crippen molar-refractivity contribution in [1.29, 1.82) is 0 Å². The molecule has 0 amide bonds. The fraction of sp³-hybridized carbons (Fsp3) is 0. The number of benzene rings is 8. The standard InChI is InChI=1S/C53H33NO2/c1-3-11-34(12-4-1)35-21-25-39(26-22-35)48-32-41(31-47(54-48)38-13-5-2-6-14-38)36-19-23-37(24-20-36)42-29-30-43(53-52(42)46-16-8-10-18-50(46)56-53)40-27-28-45-44-15-7-9-17-49(44)55-51(45)33-40/h1-33H. The van der Waals surface area contributed by atoms with Crippen molar-refractivity contribution in [2.75, 3.05) is 0 Å². The Bertz CT molecular complexity index is 3210. The van der Waals surface area contributed by atoms with Crippen molar-refractivity contribution in [3.63, 3.8) is 0 Å². The minimum absolute atomic E-state index is 0.867. The number of furan rings is 2. The Morgan fingerprint density at radius 1 is 0.286 bits per heavy atom. The third-order valence-corrected chi connectivity index (χ3v) is 10.9. The van der Waals surface area contributed by atoms with E-state index in [4.69, 9.17) is 13.8 Å². The van der Waals surface area contributed by atoms with Gasteiger partial charge in [0, 0.05) is 38.2 Å². The second-order valence-electron chi connectivity index (χ2n) is 14.3. The normalized spacial score (nSPS) is 11.6. The predicted octanol–water partition coefficient (Wildman–Crippen LogP) is 14.9. The zero-order chi connectivity index (χ0) is 37.0. The third-order valence-electron chi connectivity index (χ3n) is 10.9. The minimum atomic E-state index is 0.867. The molecule has 3 heteroatoms. The molecule has 0 radical (unpaired) electrons. The third kappa shape index (κ3) is 5.49. The van der Waals surface area contributed by atoms with Crippen LogP contribution in [0.3, 0.4) is 0 Å². The van der Waals surface area contributed by atoms with Crippen LogP contribution in [-0.2, 0) is 0 Å². The molecule has 0 fully saturated rings. The van der Waals surface area contributed by atoms with Gasteiger partial charge >= 0.3 is 0 Å². The van der Waals surface area contributed by atoms with E-state index in [1.54, 1.807) is 0 Å². The maximum Gasteiger partial charge on any atom is 0.143 e. The summed E-state index contributed by atoms with van der Waals surface area (Å²) in [5.41, 5.74) is 16.5.